The van der Waals surface area contributed by atoms with Crippen molar-refractivity contribution in [1.82, 2.24) is 20.1 Å². The van der Waals surface area contributed by atoms with Gasteiger partial charge in [-0.15, -0.1) is 0 Å². The van der Waals surface area contributed by atoms with Crippen LogP contribution >= 0.6 is 0 Å². The van der Waals surface area contributed by atoms with E-state index in [4.69, 9.17) is 4.74 Å². The Bertz CT molecular complexity index is 1060. The van der Waals surface area contributed by atoms with E-state index in [0.29, 0.717) is 23.7 Å². The number of nitrogens with zero attached hydrogens (tertiary/aromatic N) is 3. The summed E-state index contributed by atoms with van der Waals surface area (Å²) in [5.41, 5.74) is 1.47. The normalized spacial score (nSPS) is 11.1. The number of alkyl carbamates (subject to hydrolysis) is 1. The second kappa shape index (κ2) is 9.29. The highest BCUT2D eigenvalue weighted by molar-refractivity contribution is 5.94. The summed E-state index contributed by atoms with van der Waals surface area (Å²) in [4.78, 5) is 27.5. The number of hydrogen-bond acceptors (Lipinski definition) is 6. The minimum absolute atomic E-state index is 0.0934. The van der Waals surface area contributed by atoms with E-state index in [0.717, 1.165) is 5.56 Å². The third kappa shape index (κ3) is 6.05. The fourth-order valence-corrected chi connectivity index (χ4v) is 2.83. The summed E-state index contributed by atoms with van der Waals surface area (Å²) in [5, 5.41) is 19.9. The number of carbonyl (C=O) groups is 2. The van der Waals surface area contributed by atoms with Crippen LogP contribution < -0.4 is 10.6 Å². The van der Waals surface area contributed by atoms with Gasteiger partial charge in [-0.1, -0.05) is 30.3 Å². The number of carboxylic acid groups (broad SMARTS) is 1. The molecule has 0 spiro atoms. The lowest BCUT2D eigenvalue weighted by molar-refractivity contribution is 0.0525. The van der Waals surface area contributed by atoms with E-state index >= 15 is 0 Å². The molecule has 0 atom stereocenters. The van der Waals surface area contributed by atoms with Crippen LogP contribution in [0.2, 0.25) is 0 Å². The Hall–Kier alpha value is -3.88. The number of benzene rings is 1. The van der Waals surface area contributed by atoms with Crippen molar-refractivity contribution >= 4 is 23.6 Å². The topological polar surface area (TPSA) is 118 Å². The van der Waals surface area contributed by atoms with Gasteiger partial charge in [-0.3, -0.25) is 4.98 Å². The summed E-state index contributed by atoms with van der Waals surface area (Å²) in [5.74, 6) is -0.494. The van der Waals surface area contributed by atoms with Crippen molar-refractivity contribution in [2.45, 2.75) is 32.9 Å². The number of aromatic carboxylic acids is 1. The Balaban J connectivity index is 1.83. The Labute approximate surface area is 180 Å². The largest absolute Gasteiger partial charge is 0.478 e. The molecule has 2 heterocycles. The van der Waals surface area contributed by atoms with Crippen molar-refractivity contribution in [2.75, 3.05) is 11.9 Å². The molecule has 3 N–H and O–H groups in total. The van der Waals surface area contributed by atoms with Gasteiger partial charge in [-0.05, 0) is 26.8 Å². The lowest BCUT2D eigenvalue weighted by Crippen LogP contribution is -2.34. The zero-order valence-corrected chi connectivity index (χ0v) is 17.6. The number of rotatable bonds is 7. The average molecular weight is 423 g/mol. The molecular weight excluding hydrogens is 398 g/mol. The molecule has 0 aliphatic heterocycles. The van der Waals surface area contributed by atoms with Gasteiger partial charge in [0.2, 0.25) is 0 Å². The molecule has 0 fully saturated rings. The van der Waals surface area contributed by atoms with Crippen molar-refractivity contribution in [3.05, 3.63) is 60.4 Å². The van der Waals surface area contributed by atoms with Gasteiger partial charge in [-0.25, -0.2) is 14.3 Å². The SMILES string of the molecule is CC(C)(C)OC(=O)NCCn1nc(-c2ccccc2)cc1Nc1cnccc1C(=O)O. The Kier molecular flexibility index (Phi) is 6.54. The van der Waals surface area contributed by atoms with E-state index in [1.54, 1.807) is 25.5 Å². The van der Waals surface area contributed by atoms with Crippen LogP contribution in [0, 0.1) is 0 Å². The summed E-state index contributed by atoms with van der Waals surface area (Å²) in [7, 11) is 0. The van der Waals surface area contributed by atoms with Crippen molar-refractivity contribution in [2.24, 2.45) is 0 Å². The number of nitrogens with one attached hydrogen (secondary N) is 2. The summed E-state index contributed by atoms with van der Waals surface area (Å²) in [6, 6.07) is 12.8. The van der Waals surface area contributed by atoms with Crippen molar-refractivity contribution in [3.63, 3.8) is 0 Å². The van der Waals surface area contributed by atoms with Crippen LogP contribution in [0.4, 0.5) is 16.3 Å². The zero-order valence-electron chi connectivity index (χ0n) is 17.6. The molecule has 9 nitrogen and oxygen atoms in total. The van der Waals surface area contributed by atoms with Crippen LogP contribution in [0.15, 0.2) is 54.9 Å². The second-order valence-electron chi connectivity index (χ2n) is 7.78. The third-order valence-corrected chi connectivity index (χ3v) is 4.16. The number of hydrogen-bond donors (Lipinski definition) is 3. The summed E-state index contributed by atoms with van der Waals surface area (Å²) in [6.07, 6.45) is 2.35. The van der Waals surface area contributed by atoms with Crippen LogP contribution in [-0.2, 0) is 11.3 Å². The van der Waals surface area contributed by atoms with Crippen LogP contribution in [-0.4, -0.2) is 44.1 Å². The van der Waals surface area contributed by atoms with E-state index < -0.39 is 17.7 Å². The Morgan fingerprint density at radius 2 is 1.90 bits per heavy atom. The molecule has 31 heavy (non-hydrogen) atoms. The predicted molar refractivity (Wildman–Crippen MR) is 116 cm³/mol. The fourth-order valence-electron chi connectivity index (χ4n) is 2.83. The molecular formula is C22H25N5O4. The highest BCUT2D eigenvalue weighted by Gasteiger charge is 2.17. The zero-order chi connectivity index (χ0) is 22.4. The molecule has 3 rings (SSSR count). The molecule has 0 unspecified atom stereocenters. The maximum Gasteiger partial charge on any atom is 0.407 e. The Morgan fingerprint density at radius 3 is 2.58 bits per heavy atom. The van der Waals surface area contributed by atoms with Gasteiger partial charge in [-0.2, -0.15) is 5.10 Å². The van der Waals surface area contributed by atoms with Crippen molar-refractivity contribution < 1.29 is 19.4 Å². The fraction of sp³-hybridized carbons (Fsp3) is 0.273. The van der Waals surface area contributed by atoms with Gasteiger partial charge in [0.15, 0.2) is 0 Å². The summed E-state index contributed by atoms with van der Waals surface area (Å²) >= 11 is 0. The van der Waals surface area contributed by atoms with Crippen molar-refractivity contribution in [1.29, 1.82) is 0 Å². The maximum absolute atomic E-state index is 11.9. The molecule has 1 aromatic carbocycles. The first-order valence-corrected chi connectivity index (χ1v) is 9.77. The monoisotopic (exact) mass is 423 g/mol. The maximum atomic E-state index is 11.9. The number of pyridine rings is 1. The first-order chi connectivity index (χ1) is 14.7. The van der Waals surface area contributed by atoms with Crippen LogP contribution in [0.25, 0.3) is 11.3 Å². The molecule has 0 bridgehead atoms. The number of carboxylic acids is 1. The average Bonchev–Trinajstić information content (AvgIpc) is 3.10. The molecule has 0 radical (unpaired) electrons. The van der Waals surface area contributed by atoms with Gasteiger partial charge in [0, 0.05) is 24.4 Å². The first-order valence-electron chi connectivity index (χ1n) is 9.77. The van der Waals surface area contributed by atoms with E-state index in [-0.39, 0.29) is 12.1 Å². The van der Waals surface area contributed by atoms with E-state index in [2.05, 4.69) is 20.7 Å². The predicted octanol–water partition coefficient (Wildman–Crippen LogP) is 3.91. The van der Waals surface area contributed by atoms with Gasteiger partial charge in [0.1, 0.15) is 11.4 Å². The molecule has 0 aliphatic carbocycles. The quantitative estimate of drug-likeness (QED) is 0.527. The third-order valence-electron chi connectivity index (χ3n) is 4.16. The van der Waals surface area contributed by atoms with Crippen LogP contribution in [0.3, 0.4) is 0 Å². The molecule has 0 saturated heterocycles. The van der Waals surface area contributed by atoms with Crippen LogP contribution in [0.1, 0.15) is 31.1 Å². The minimum Gasteiger partial charge on any atom is -0.478 e. The second-order valence-corrected chi connectivity index (χ2v) is 7.78. The van der Waals surface area contributed by atoms with Crippen molar-refractivity contribution in [3.8, 4) is 11.3 Å². The highest BCUT2D eigenvalue weighted by Crippen LogP contribution is 2.25. The minimum atomic E-state index is -1.06. The summed E-state index contributed by atoms with van der Waals surface area (Å²) in [6.45, 7) is 6.00. The van der Waals surface area contributed by atoms with E-state index in [1.165, 1.54) is 18.5 Å². The molecule has 3 aromatic rings. The molecule has 0 saturated carbocycles. The molecule has 0 aliphatic rings. The number of amides is 1. The molecule has 162 valence electrons. The van der Waals surface area contributed by atoms with Gasteiger partial charge >= 0.3 is 12.1 Å². The van der Waals surface area contributed by atoms with Gasteiger partial charge in [0.05, 0.1) is 29.7 Å². The van der Waals surface area contributed by atoms with Crippen LogP contribution in [0.5, 0.6) is 0 Å². The summed E-state index contributed by atoms with van der Waals surface area (Å²) < 4.78 is 6.91. The van der Waals surface area contributed by atoms with Gasteiger partial charge < -0.3 is 20.5 Å². The standard InChI is InChI=1S/C22H25N5O4/c1-22(2,3)31-21(30)24-11-12-27-19(13-17(26-27)15-7-5-4-6-8-15)25-18-14-23-10-9-16(18)20(28)29/h4-10,13-14,25H,11-12H2,1-3H3,(H,24,30)(H,28,29). The smallest absolute Gasteiger partial charge is 0.407 e. The number of anilines is 2. The number of ether oxygens (including phenoxy) is 1. The molecule has 9 heteroatoms. The van der Waals surface area contributed by atoms with Gasteiger partial charge in [0.25, 0.3) is 0 Å². The lowest BCUT2D eigenvalue weighted by atomic mass is 10.1. The number of aromatic nitrogens is 3. The van der Waals surface area contributed by atoms with E-state index in [1.807, 2.05) is 36.4 Å². The molecule has 1 amide bonds. The van der Waals surface area contributed by atoms with E-state index in [9.17, 15) is 14.7 Å². The number of carbonyl (C=O) groups excluding carboxylic acids is 1. The lowest BCUT2D eigenvalue weighted by Gasteiger charge is -2.19. The molecule has 2 aromatic heterocycles. The first kappa shape index (κ1) is 21.8. The Morgan fingerprint density at radius 1 is 1.16 bits per heavy atom. The highest BCUT2D eigenvalue weighted by atomic mass is 16.6.